The van der Waals surface area contributed by atoms with E-state index < -0.39 is 0 Å². The molecule has 1 aromatic heterocycles. The molecule has 2 heterocycles. The van der Waals surface area contributed by atoms with Crippen LogP contribution < -0.4 is 19.5 Å². The lowest BCUT2D eigenvalue weighted by Gasteiger charge is -2.18. The van der Waals surface area contributed by atoms with Gasteiger partial charge in [-0.1, -0.05) is 6.07 Å². The summed E-state index contributed by atoms with van der Waals surface area (Å²) in [6.45, 7) is 2.91. The lowest BCUT2D eigenvalue weighted by Crippen LogP contribution is -2.23. The van der Waals surface area contributed by atoms with Crippen LogP contribution in [-0.2, 0) is 13.0 Å². The number of rotatable bonds is 6. The molecular formula is C17H20N2O3. The molecule has 116 valence electrons. The molecule has 0 unspecified atom stereocenters. The van der Waals surface area contributed by atoms with Crippen molar-refractivity contribution in [1.29, 1.82) is 0 Å². The second kappa shape index (κ2) is 7.13. The highest BCUT2D eigenvalue weighted by atomic mass is 16.5. The second-order valence-electron chi connectivity index (χ2n) is 5.09. The first-order valence-electron chi connectivity index (χ1n) is 7.43. The molecule has 0 spiro atoms. The van der Waals surface area contributed by atoms with Crippen molar-refractivity contribution in [2.24, 2.45) is 0 Å². The Kier molecular flexibility index (Phi) is 4.75. The number of nitrogens with zero attached hydrogens (tertiary/aromatic N) is 1. The summed E-state index contributed by atoms with van der Waals surface area (Å²) in [4.78, 5) is 4.14. The quantitative estimate of drug-likeness (QED) is 0.829. The van der Waals surface area contributed by atoms with Gasteiger partial charge in [0.25, 0.3) is 0 Å². The summed E-state index contributed by atoms with van der Waals surface area (Å²) >= 11 is 0. The van der Waals surface area contributed by atoms with Gasteiger partial charge in [-0.25, -0.2) is 4.98 Å². The van der Waals surface area contributed by atoms with E-state index >= 15 is 0 Å². The van der Waals surface area contributed by atoms with Gasteiger partial charge in [0.15, 0.2) is 0 Å². The third kappa shape index (κ3) is 3.68. The maximum atomic E-state index is 5.73. The van der Waals surface area contributed by atoms with Crippen LogP contribution in [0.25, 0.3) is 0 Å². The van der Waals surface area contributed by atoms with E-state index in [1.165, 1.54) is 11.1 Å². The number of pyridine rings is 1. The van der Waals surface area contributed by atoms with Crippen molar-refractivity contribution >= 4 is 0 Å². The molecule has 22 heavy (non-hydrogen) atoms. The van der Waals surface area contributed by atoms with Crippen LogP contribution in [0.2, 0.25) is 0 Å². The number of nitrogens with one attached hydrogen (secondary N) is 1. The van der Waals surface area contributed by atoms with Crippen LogP contribution in [0, 0.1) is 0 Å². The zero-order valence-corrected chi connectivity index (χ0v) is 12.7. The van der Waals surface area contributed by atoms with Gasteiger partial charge in [-0.15, -0.1) is 0 Å². The van der Waals surface area contributed by atoms with E-state index in [0.29, 0.717) is 24.8 Å². The van der Waals surface area contributed by atoms with Crippen molar-refractivity contribution in [3.8, 4) is 17.4 Å². The zero-order chi connectivity index (χ0) is 15.2. The van der Waals surface area contributed by atoms with Crippen LogP contribution in [0.3, 0.4) is 0 Å². The molecule has 0 radical (unpaired) electrons. The minimum absolute atomic E-state index is 0.453. The smallest absolute Gasteiger partial charge is 0.213 e. The normalized spacial score (nSPS) is 13.3. The minimum atomic E-state index is 0.453. The molecule has 5 heteroatoms. The summed E-state index contributed by atoms with van der Waals surface area (Å²) in [5.41, 5.74) is 2.73. The molecule has 3 rings (SSSR count). The molecule has 1 aliphatic heterocycles. The van der Waals surface area contributed by atoms with Crippen molar-refractivity contribution < 1.29 is 14.2 Å². The number of methoxy groups -OCH3 is 1. The van der Waals surface area contributed by atoms with Crippen LogP contribution in [0.4, 0.5) is 0 Å². The molecule has 0 saturated heterocycles. The molecule has 0 amide bonds. The van der Waals surface area contributed by atoms with Gasteiger partial charge in [0.1, 0.15) is 24.7 Å². The summed E-state index contributed by atoms with van der Waals surface area (Å²) in [6, 6.07) is 9.88. The van der Waals surface area contributed by atoms with E-state index in [-0.39, 0.29) is 0 Å². The zero-order valence-electron chi connectivity index (χ0n) is 12.7. The topological polar surface area (TPSA) is 52.6 Å². The first-order valence-corrected chi connectivity index (χ1v) is 7.43. The predicted octanol–water partition coefficient (Wildman–Crippen LogP) is 2.19. The van der Waals surface area contributed by atoms with E-state index in [2.05, 4.69) is 22.4 Å². The number of hydrogen-bond donors (Lipinski definition) is 1. The Morgan fingerprint density at radius 2 is 1.91 bits per heavy atom. The molecule has 0 saturated carbocycles. The Hall–Kier alpha value is -2.27. The van der Waals surface area contributed by atoms with Crippen LogP contribution in [0.5, 0.6) is 17.4 Å². The first kappa shape index (κ1) is 14.7. The average molecular weight is 300 g/mol. The molecule has 0 atom stereocenters. The maximum Gasteiger partial charge on any atom is 0.213 e. The second-order valence-corrected chi connectivity index (χ2v) is 5.09. The number of ether oxygens (including phenoxy) is 3. The van der Waals surface area contributed by atoms with Gasteiger partial charge in [0.05, 0.1) is 13.3 Å². The number of fused-ring (bicyclic) bond motifs is 1. The lowest BCUT2D eigenvalue weighted by atomic mass is 10.0. The Morgan fingerprint density at radius 1 is 1.05 bits per heavy atom. The third-order valence-corrected chi connectivity index (χ3v) is 3.61. The standard InChI is InChI=1S/C17H20N2O3/c1-20-16-4-5-17(19-12-16)22-9-8-21-15-3-2-13-6-7-18-11-14(13)10-15/h2-5,10,12,18H,6-9,11H2,1H3. The van der Waals surface area contributed by atoms with E-state index in [1.54, 1.807) is 19.4 Å². The SMILES string of the molecule is COc1ccc(OCCOc2ccc3c(c2)CNCC3)nc1. The summed E-state index contributed by atoms with van der Waals surface area (Å²) in [5, 5.41) is 3.37. The van der Waals surface area contributed by atoms with Gasteiger partial charge < -0.3 is 19.5 Å². The minimum Gasteiger partial charge on any atom is -0.495 e. The summed E-state index contributed by atoms with van der Waals surface area (Å²) in [6.07, 6.45) is 2.72. The van der Waals surface area contributed by atoms with E-state index in [0.717, 1.165) is 25.3 Å². The number of aromatic nitrogens is 1. The van der Waals surface area contributed by atoms with Gasteiger partial charge in [-0.2, -0.15) is 0 Å². The van der Waals surface area contributed by atoms with Crippen molar-refractivity contribution in [2.45, 2.75) is 13.0 Å². The lowest BCUT2D eigenvalue weighted by molar-refractivity contribution is 0.211. The Bertz CT molecular complexity index is 614. The largest absolute Gasteiger partial charge is 0.495 e. The van der Waals surface area contributed by atoms with Gasteiger partial charge in [0, 0.05) is 12.6 Å². The van der Waals surface area contributed by atoms with Gasteiger partial charge in [-0.3, -0.25) is 0 Å². The highest BCUT2D eigenvalue weighted by Crippen LogP contribution is 2.20. The molecular weight excluding hydrogens is 280 g/mol. The van der Waals surface area contributed by atoms with E-state index in [4.69, 9.17) is 14.2 Å². The molecule has 0 bridgehead atoms. The van der Waals surface area contributed by atoms with E-state index in [9.17, 15) is 0 Å². The van der Waals surface area contributed by atoms with Crippen LogP contribution in [-0.4, -0.2) is 31.9 Å². The van der Waals surface area contributed by atoms with Gasteiger partial charge >= 0.3 is 0 Å². The predicted molar refractivity (Wildman–Crippen MR) is 83.6 cm³/mol. The van der Waals surface area contributed by atoms with E-state index in [1.807, 2.05) is 12.1 Å². The van der Waals surface area contributed by atoms with Crippen molar-refractivity contribution in [3.63, 3.8) is 0 Å². The fraction of sp³-hybridized carbons (Fsp3) is 0.353. The van der Waals surface area contributed by atoms with Crippen molar-refractivity contribution in [1.82, 2.24) is 10.3 Å². The molecule has 0 fully saturated rings. The summed E-state index contributed by atoms with van der Waals surface area (Å²) in [5.74, 6) is 2.17. The molecule has 1 N–H and O–H groups in total. The molecule has 5 nitrogen and oxygen atoms in total. The molecule has 2 aromatic rings. The van der Waals surface area contributed by atoms with Gasteiger partial charge in [0.2, 0.25) is 5.88 Å². The molecule has 0 aliphatic carbocycles. The fourth-order valence-corrected chi connectivity index (χ4v) is 2.43. The first-order chi connectivity index (χ1) is 10.8. The van der Waals surface area contributed by atoms with Crippen LogP contribution in [0.1, 0.15) is 11.1 Å². The Balaban J connectivity index is 1.46. The maximum absolute atomic E-state index is 5.73. The highest BCUT2D eigenvalue weighted by Gasteiger charge is 2.09. The average Bonchev–Trinajstić information content (AvgIpc) is 2.59. The molecule has 1 aromatic carbocycles. The van der Waals surface area contributed by atoms with Crippen LogP contribution in [0.15, 0.2) is 36.5 Å². The summed E-state index contributed by atoms with van der Waals surface area (Å²) in [7, 11) is 1.61. The number of hydrogen-bond acceptors (Lipinski definition) is 5. The Labute approximate surface area is 130 Å². The van der Waals surface area contributed by atoms with Crippen molar-refractivity contribution in [3.05, 3.63) is 47.7 Å². The number of benzene rings is 1. The fourth-order valence-electron chi connectivity index (χ4n) is 2.43. The van der Waals surface area contributed by atoms with Crippen LogP contribution >= 0.6 is 0 Å². The third-order valence-electron chi connectivity index (χ3n) is 3.61. The Morgan fingerprint density at radius 3 is 2.73 bits per heavy atom. The van der Waals surface area contributed by atoms with Crippen molar-refractivity contribution in [2.75, 3.05) is 26.9 Å². The molecule has 1 aliphatic rings. The monoisotopic (exact) mass is 300 g/mol. The highest BCUT2D eigenvalue weighted by molar-refractivity contribution is 5.37. The summed E-state index contributed by atoms with van der Waals surface area (Å²) < 4.78 is 16.3. The van der Waals surface area contributed by atoms with Gasteiger partial charge in [-0.05, 0) is 42.3 Å².